The van der Waals surface area contributed by atoms with E-state index in [1.54, 1.807) is 0 Å². The molecule has 0 fully saturated rings. The molecule has 0 aliphatic carbocycles. The van der Waals surface area contributed by atoms with Gasteiger partial charge in [-0.1, -0.05) is 0 Å². The van der Waals surface area contributed by atoms with Gasteiger partial charge in [0.2, 0.25) is 0 Å². The van der Waals surface area contributed by atoms with Crippen molar-refractivity contribution in [3.05, 3.63) is 34.2 Å². The third-order valence-electron chi connectivity index (χ3n) is 1.72. The number of aromatic amines is 1. The molecule has 13 heavy (non-hydrogen) atoms. The third kappa shape index (κ3) is 2.15. The summed E-state index contributed by atoms with van der Waals surface area (Å²) in [7, 11) is 0. The van der Waals surface area contributed by atoms with E-state index in [1.807, 2.05) is 0 Å². The summed E-state index contributed by atoms with van der Waals surface area (Å²) in [6, 6.07) is 1.24. The summed E-state index contributed by atoms with van der Waals surface area (Å²) >= 11 is 0. The van der Waals surface area contributed by atoms with Gasteiger partial charge in [0.05, 0.1) is 6.61 Å². The highest BCUT2D eigenvalue weighted by molar-refractivity contribution is 5.13. The standard InChI is InChI=1S/C8H11NO4/c10-4-7(12)8(13)5-3-9-2-1-6(5)11/h1-3,7-8,10,12-13H,4H2,(H,9,11). The zero-order valence-corrected chi connectivity index (χ0v) is 6.84. The smallest absolute Gasteiger partial charge is 0.187 e. The number of H-pyrrole nitrogens is 1. The van der Waals surface area contributed by atoms with Crippen LogP contribution in [-0.4, -0.2) is 33.0 Å². The van der Waals surface area contributed by atoms with Gasteiger partial charge in [0.15, 0.2) is 5.43 Å². The van der Waals surface area contributed by atoms with Gasteiger partial charge in [-0.05, 0) is 0 Å². The van der Waals surface area contributed by atoms with Crippen LogP contribution in [0.3, 0.4) is 0 Å². The fourth-order valence-electron chi connectivity index (χ4n) is 0.967. The molecular weight excluding hydrogens is 174 g/mol. The lowest BCUT2D eigenvalue weighted by molar-refractivity contribution is -0.0158. The van der Waals surface area contributed by atoms with Crippen molar-refractivity contribution in [3.63, 3.8) is 0 Å². The molecule has 0 saturated heterocycles. The van der Waals surface area contributed by atoms with Crippen LogP contribution in [0.4, 0.5) is 0 Å². The average molecular weight is 185 g/mol. The lowest BCUT2D eigenvalue weighted by Crippen LogP contribution is -2.26. The van der Waals surface area contributed by atoms with Crippen LogP contribution in [0.2, 0.25) is 0 Å². The molecule has 1 aromatic heterocycles. The van der Waals surface area contributed by atoms with Crippen LogP contribution in [0.25, 0.3) is 0 Å². The Morgan fingerprint density at radius 2 is 2.15 bits per heavy atom. The van der Waals surface area contributed by atoms with Gasteiger partial charge >= 0.3 is 0 Å². The molecule has 0 radical (unpaired) electrons. The van der Waals surface area contributed by atoms with Crippen molar-refractivity contribution >= 4 is 0 Å². The average Bonchev–Trinajstić information content (AvgIpc) is 2.16. The lowest BCUT2D eigenvalue weighted by Gasteiger charge is -2.14. The minimum absolute atomic E-state index is 0.0454. The summed E-state index contributed by atoms with van der Waals surface area (Å²) < 4.78 is 0. The van der Waals surface area contributed by atoms with Gasteiger partial charge in [0.25, 0.3) is 0 Å². The van der Waals surface area contributed by atoms with Gasteiger partial charge in [0, 0.05) is 24.0 Å². The zero-order chi connectivity index (χ0) is 9.84. The number of pyridine rings is 1. The topological polar surface area (TPSA) is 93.6 Å². The van der Waals surface area contributed by atoms with E-state index in [-0.39, 0.29) is 11.0 Å². The molecule has 4 N–H and O–H groups in total. The van der Waals surface area contributed by atoms with Gasteiger partial charge in [-0.25, -0.2) is 0 Å². The highest BCUT2D eigenvalue weighted by atomic mass is 16.4. The van der Waals surface area contributed by atoms with E-state index in [0.29, 0.717) is 0 Å². The summed E-state index contributed by atoms with van der Waals surface area (Å²) in [4.78, 5) is 13.7. The monoisotopic (exact) mass is 185 g/mol. The molecule has 1 heterocycles. The minimum Gasteiger partial charge on any atom is -0.394 e. The molecule has 5 nitrogen and oxygen atoms in total. The first-order chi connectivity index (χ1) is 6.16. The molecule has 72 valence electrons. The van der Waals surface area contributed by atoms with Crippen LogP contribution in [0.1, 0.15) is 11.7 Å². The van der Waals surface area contributed by atoms with Crippen LogP contribution in [-0.2, 0) is 0 Å². The van der Waals surface area contributed by atoms with E-state index in [0.717, 1.165) is 0 Å². The normalized spacial score (nSPS) is 15.3. The third-order valence-corrected chi connectivity index (χ3v) is 1.72. The van der Waals surface area contributed by atoms with Crippen LogP contribution in [0, 0.1) is 0 Å². The fraction of sp³-hybridized carbons (Fsp3) is 0.375. The van der Waals surface area contributed by atoms with Gasteiger partial charge in [0.1, 0.15) is 12.2 Å². The Hall–Kier alpha value is -1.17. The Kier molecular flexibility index (Phi) is 3.18. The first kappa shape index (κ1) is 9.91. The molecule has 0 saturated carbocycles. The Morgan fingerprint density at radius 1 is 1.46 bits per heavy atom. The summed E-state index contributed by atoms with van der Waals surface area (Å²) in [5.41, 5.74) is -0.331. The van der Waals surface area contributed by atoms with E-state index < -0.39 is 18.8 Å². The van der Waals surface area contributed by atoms with Gasteiger partial charge in [-0.2, -0.15) is 0 Å². The Labute approximate surface area is 74.3 Å². The van der Waals surface area contributed by atoms with E-state index in [1.165, 1.54) is 18.5 Å². The highest BCUT2D eigenvalue weighted by Gasteiger charge is 2.19. The molecule has 0 bridgehead atoms. The second-order valence-electron chi connectivity index (χ2n) is 2.66. The van der Waals surface area contributed by atoms with Gasteiger partial charge < -0.3 is 20.3 Å². The number of rotatable bonds is 3. The first-order valence-electron chi connectivity index (χ1n) is 3.81. The van der Waals surface area contributed by atoms with E-state index >= 15 is 0 Å². The van der Waals surface area contributed by atoms with Crippen LogP contribution < -0.4 is 5.43 Å². The van der Waals surface area contributed by atoms with Gasteiger partial charge in [-0.3, -0.25) is 4.79 Å². The zero-order valence-electron chi connectivity index (χ0n) is 6.84. The highest BCUT2D eigenvalue weighted by Crippen LogP contribution is 2.10. The summed E-state index contributed by atoms with van der Waals surface area (Å²) in [5, 5.41) is 26.9. The molecule has 1 aromatic rings. The molecule has 0 aliphatic heterocycles. The Bertz CT molecular complexity index is 322. The predicted molar refractivity (Wildman–Crippen MR) is 45.1 cm³/mol. The van der Waals surface area contributed by atoms with Gasteiger partial charge in [-0.15, -0.1) is 0 Å². The fourth-order valence-corrected chi connectivity index (χ4v) is 0.967. The largest absolute Gasteiger partial charge is 0.394 e. The van der Waals surface area contributed by atoms with Crippen molar-refractivity contribution in [2.45, 2.75) is 12.2 Å². The molecule has 2 atom stereocenters. The number of hydrogen-bond donors (Lipinski definition) is 4. The molecule has 1 rings (SSSR count). The summed E-state index contributed by atoms with van der Waals surface area (Å²) in [5.74, 6) is 0. The van der Waals surface area contributed by atoms with E-state index in [2.05, 4.69) is 4.98 Å². The molecule has 5 heteroatoms. The number of hydrogen-bond acceptors (Lipinski definition) is 4. The van der Waals surface area contributed by atoms with Crippen molar-refractivity contribution in [2.75, 3.05) is 6.61 Å². The molecular formula is C8H11NO4. The molecule has 0 spiro atoms. The van der Waals surface area contributed by atoms with E-state index in [4.69, 9.17) is 10.2 Å². The van der Waals surface area contributed by atoms with Crippen molar-refractivity contribution < 1.29 is 15.3 Å². The SMILES string of the molecule is O=c1cc[nH]cc1C(O)C(O)CO. The Balaban J connectivity index is 2.95. The second kappa shape index (κ2) is 4.18. The number of aromatic nitrogens is 1. The van der Waals surface area contributed by atoms with Crippen LogP contribution >= 0.6 is 0 Å². The van der Waals surface area contributed by atoms with Crippen LogP contribution in [0.5, 0.6) is 0 Å². The molecule has 0 aliphatic rings. The molecule has 2 unspecified atom stereocenters. The number of aliphatic hydroxyl groups excluding tert-OH is 3. The maximum Gasteiger partial charge on any atom is 0.187 e. The summed E-state index contributed by atoms with van der Waals surface area (Å²) in [6.07, 6.45) is 0.0360. The van der Waals surface area contributed by atoms with Crippen molar-refractivity contribution in [3.8, 4) is 0 Å². The predicted octanol–water partition coefficient (Wildman–Crippen LogP) is -1.24. The maximum atomic E-state index is 11.1. The quantitative estimate of drug-likeness (QED) is 0.474. The number of aliphatic hydroxyl groups is 3. The summed E-state index contributed by atoms with van der Waals surface area (Å²) in [6.45, 7) is -0.588. The molecule has 0 amide bonds. The van der Waals surface area contributed by atoms with Crippen molar-refractivity contribution in [1.82, 2.24) is 4.98 Å². The number of nitrogens with one attached hydrogen (secondary N) is 1. The van der Waals surface area contributed by atoms with Crippen LogP contribution in [0.15, 0.2) is 23.3 Å². The van der Waals surface area contributed by atoms with Crippen molar-refractivity contribution in [1.29, 1.82) is 0 Å². The minimum atomic E-state index is -1.35. The molecule has 0 aromatic carbocycles. The second-order valence-corrected chi connectivity index (χ2v) is 2.66. The lowest BCUT2D eigenvalue weighted by atomic mass is 10.1. The van der Waals surface area contributed by atoms with Crippen molar-refractivity contribution in [2.24, 2.45) is 0 Å². The Morgan fingerprint density at radius 3 is 2.69 bits per heavy atom. The first-order valence-corrected chi connectivity index (χ1v) is 3.81. The van der Waals surface area contributed by atoms with E-state index in [9.17, 15) is 9.90 Å². The maximum absolute atomic E-state index is 11.1.